The minimum atomic E-state index is -0.0991. The van der Waals surface area contributed by atoms with E-state index >= 15 is 0 Å². The molecular weight excluding hydrogens is 288 g/mol. The molecule has 0 spiro atoms. The number of nitrogens with one attached hydrogen (secondary N) is 1. The van der Waals surface area contributed by atoms with Crippen LogP contribution in [0.1, 0.15) is 50.8 Å². The first kappa shape index (κ1) is 17.5. The zero-order valence-corrected chi connectivity index (χ0v) is 14.6. The van der Waals surface area contributed by atoms with Crippen LogP contribution < -0.4 is 5.32 Å². The molecule has 1 aromatic rings. The normalized spacial score (nSPS) is 19.5. The molecule has 23 heavy (non-hydrogen) atoms. The van der Waals surface area contributed by atoms with Crippen molar-refractivity contribution in [3.05, 3.63) is 35.4 Å². The number of amides is 2. The van der Waals surface area contributed by atoms with Gasteiger partial charge in [0.2, 0.25) is 11.8 Å². The average molecular weight is 316 g/mol. The molecule has 1 heterocycles. The van der Waals surface area contributed by atoms with Crippen molar-refractivity contribution in [1.82, 2.24) is 10.2 Å². The van der Waals surface area contributed by atoms with Crippen molar-refractivity contribution in [3.63, 3.8) is 0 Å². The molecule has 1 fully saturated rings. The lowest BCUT2D eigenvalue weighted by molar-refractivity contribution is -0.138. The maximum atomic E-state index is 12.6. The summed E-state index contributed by atoms with van der Waals surface area (Å²) in [5.41, 5.74) is 2.33. The Labute approximate surface area is 139 Å². The SMILES string of the molecule is Cc1ccccc1[C@H](C)NC(=O)[C@@H]1CCCN(C(=O)C(C)C)C1. The molecule has 126 valence electrons. The van der Waals surface area contributed by atoms with Gasteiger partial charge in [0.05, 0.1) is 12.0 Å². The van der Waals surface area contributed by atoms with Crippen LogP contribution >= 0.6 is 0 Å². The van der Waals surface area contributed by atoms with Gasteiger partial charge in [0, 0.05) is 19.0 Å². The lowest BCUT2D eigenvalue weighted by Gasteiger charge is -2.33. The predicted octanol–water partition coefficient (Wildman–Crippen LogP) is 3.07. The third-order valence-electron chi connectivity index (χ3n) is 4.61. The molecule has 1 aliphatic heterocycles. The quantitative estimate of drug-likeness (QED) is 0.928. The van der Waals surface area contributed by atoms with Crippen molar-refractivity contribution in [2.45, 2.75) is 46.6 Å². The van der Waals surface area contributed by atoms with Crippen LogP contribution in [0, 0.1) is 18.8 Å². The van der Waals surface area contributed by atoms with Crippen molar-refractivity contribution in [2.24, 2.45) is 11.8 Å². The first-order valence-corrected chi connectivity index (χ1v) is 8.54. The fourth-order valence-electron chi connectivity index (χ4n) is 3.24. The molecule has 1 saturated heterocycles. The van der Waals surface area contributed by atoms with Crippen molar-refractivity contribution in [1.29, 1.82) is 0 Å². The van der Waals surface area contributed by atoms with Crippen LogP contribution in [0.25, 0.3) is 0 Å². The Balaban J connectivity index is 1.97. The number of carbonyl (C=O) groups excluding carboxylic acids is 2. The largest absolute Gasteiger partial charge is 0.349 e. The van der Waals surface area contributed by atoms with E-state index in [0.29, 0.717) is 6.54 Å². The summed E-state index contributed by atoms with van der Waals surface area (Å²) in [4.78, 5) is 26.6. The Morgan fingerprint density at radius 2 is 1.91 bits per heavy atom. The van der Waals surface area contributed by atoms with E-state index in [2.05, 4.69) is 24.4 Å². The molecule has 2 rings (SSSR count). The second-order valence-corrected chi connectivity index (χ2v) is 6.86. The van der Waals surface area contributed by atoms with Gasteiger partial charge < -0.3 is 10.2 Å². The van der Waals surface area contributed by atoms with E-state index in [0.717, 1.165) is 24.9 Å². The molecular formula is C19H28N2O2. The summed E-state index contributed by atoms with van der Waals surface area (Å²) in [6.45, 7) is 9.21. The number of hydrogen-bond acceptors (Lipinski definition) is 2. The highest BCUT2D eigenvalue weighted by atomic mass is 16.2. The van der Waals surface area contributed by atoms with Gasteiger partial charge in [-0.15, -0.1) is 0 Å². The van der Waals surface area contributed by atoms with Gasteiger partial charge in [-0.1, -0.05) is 38.1 Å². The second-order valence-electron chi connectivity index (χ2n) is 6.86. The minimum absolute atomic E-state index is 0.0114. The second kappa shape index (κ2) is 7.62. The van der Waals surface area contributed by atoms with E-state index in [1.807, 2.05) is 37.8 Å². The Hall–Kier alpha value is -1.84. The van der Waals surface area contributed by atoms with E-state index in [4.69, 9.17) is 0 Å². The van der Waals surface area contributed by atoms with Crippen molar-refractivity contribution < 1.29 is 9.59 Å². The lowest BCUT2D eigenvalue weighted by Crippen LogP contribution is -2.47. The van der Waals surface area contributed by atoms with Gasteiger partial charge in [-0.2, -0.15) is 0 Å². The van der Waals surface area contributed by atoms with Gasteiger partial charge >= 0.3 is 0 Å². The molecule has 0 bridgehead atoms. The topological polar surface area (TPSA) is 49.4 Å². The maximum Gasteiger partial charge on any atom is 0.225 e. The maximum absolute atomic E-state index is 12.6. The molecule has 1 aromatic carbocycles. The molecule has 2 atom stereocenters. The number of piperidine rings is 1. The van der Waals surface area contributed by atoms with E-state index in [-0.39, 0.29) is 29.7 Å². The van der Waals surface area contributed by atoms with Gasteiger partial charge in [0.25, 0.3) is 0 Å². The standard InChI is InChI=1S/C19H28N2O2/c1-13(2)19(23)21-11-7-9-16(12-21)18(22)20-15(4)17-10-6-5-8-14(17)3/h5-6,8,10,13,15-16H,7,9,11-12H2,1-4H3,(H,20,22)/t15-,16+/m0/s1. The van der Waals surface area contributed by atoms with Gasteiger partial charge in [-0.05, 0) is 37.8 Å². The first-order valence-electron chi connectivity index (χ1n) is 8.54. The summed E-state index contributed by atoms with van der Waals surface area (Å²) >= 11 is 0. The lowest BCUT2D eigenvalue weighted by atomic mass is 9.95. The van der Waals surface area contributed by atoms with Crippen molar-refractivity contribution in [3.8, 4) is 0 Å². The minimum Gasteiger partial charge on any atom is -0.349 e. The molecule has 0 aromatic heterocycles. The molecule has 2 amide bonds. The molecule has 1 aliphatic rings. The molecule has 0 saturated carbocycles. The van der Waals surface area contributed by atoms with Gasteiger partial charge in [0.1, 0.15) is 0 Å². The van der Waals surface area contributed by atoms with E-state index in [1.165, 1.54) is 5.56 Å². The predicted molar refractivity (Wildman–Crippen MR) is 91.9 cm³/mol. The van der Waals surface area contributed by atoms with Crippen LogP contribution in [0.3, 0.4) is 0 Å². The van der Waals surface area contributed by atoms with Crippen molar-refractivity contribution in [2.75, 3.05) is 13.1 Å². The monoisotopic (exact) mass is 316 g/mol. The number of rotatable bonds is 4. The fourth-order valence-corrected chi connectivity index (χ4v) is 3.24. The highest BCUT2D eigenvalue weighted by molar-refractivity contribution is 5.82. The van der Waals surface area contributed by atoms with Crippen LogP contribution in [0.15, 0.2) is 24.3 Å². The van der Waals surface area contributed by atoms with Gasteiger partial charge in [-0.25, -0.2) is 0 Å². The Morgan fingerprint density at radius 3 is 2.57 bits per heavy atom. The summed E-state index contributed by atoms with van der Waals surface area (Å²) in [6, 6.07) is 8.09. The summed E-state index contributed by atoms with van der Waals surface area (Å²) in [5, 5.41) is 3.12. The van der Waals surface area contributed by atoms with Crippen LogP contribution in [0.5, 0.6) is 0 Å². The van der Waals surface area contributed by atoms with Crippen LogP contribution in [-0.2, 0) is 9.59 Å². The van der Waals surface area contributed by atoms with E-state index in [1.54, 1.807) is 0 Å². The number of likely N-dealkylation sites (tertiary alicyclic amines) is 1. The van der Waals surface area contributed by atoms with Gasteiger partial charge in [-0.3, -0.25) is 9.59 Å². The molecule has 1 N–H and O–H groups in total. The molecule has 0 aliphatic carbocycles. The first-order chi connectivity index (χ1) is 10.9. The molecule has 0 unspecified atom stereocenters. The third-order valence-corrected chi connectivity index (χ3v) is 4.61. The number of nitrogens with zero attached hydrogens (tertiary/aromatic N) is 1. The van der Waals surface area contributed by atoms with Gasteiger partial charge in [0.15, 0.2) is 0 Å². The Morgan fingerprint density at radius 1 is 1.22 bits per heavy atom. The highest BCUT2D eigenvalue weighted by Gasteiger charge is 2.30. The Kier molecular flexibility index (Phi) is 5.80. The average Bonchev–Trinajstić information content (AvgIpc) is 2.54. The zero-order valence-electron chi connectivity index (χ0n) is 14.6. The van der Waals surface area contributed by atoms with Crippen LogP contribution in [0.4, 0.5) is 0 Å². The molecule has 0 radical (unpaired) electrons. The third kappa shape index (κ3) is 4.34. The molecule has 4 nitrogen and oxygen atoms in total. The van der Waals surface area contributed by atoms with Crippen LogP contribution in [-0.4, -0.2) is 29.8 Å². The van der Waals surface area contributed by atoms with E-state index < -0.39 is 0 Å². The van der Waals surface area contributed by atoms with Crippen molar-refractivity contribution >= 4 is 11.8 Å². The fraction of sp³-hybridized carbons (Fsp3) is 0.579. The smallest absolute Gasteiger partial charge is 0.225 e. The number of aryl methyl sites for hydroxylation is 1. The summed E-state index contributed by atoms with van der Waals surface area (Å²) < 4.78 is 0. The summed E-state index contributed by atoms with van der Waals surface area (Å²) in [6.07, 6.45) is 1.75. The molecule has 4 heteroatoms. The number of benzene rings is 1. The highest BCUT2D eigenvalue weighted by Crippen LogP contribution is 2.21. The zero-order chi connectivity index (χ0) is 17.0. The summed E-state index contributed by atoms with van der Waals surface area (Å²) in [7, 11) is 0. The van der Waals surface area contributed by atoms with E-state index in [9.17, 15) is 9.59 Å². The number of hydrogen-bond donors (Lipinski definition) is 1. The summed E-state index contributed by atoms with van der Waals surface area (Å²) in [5.74, 6) is 0.0945. The van der Waals surface area contributed by atoms with Crippen LogP contribution in [0.2, 0.25) is 0 Å². The number of carbonyl (C=O) groups is 2. The Bertz CT molecular complexity index is 568.